The standard InChI is InChI=1S/C38H43F2N7O4/c1-23(2)36-35-29(13-15-33(43-35)42-27-9-11-28(12-10-27)45-17-19-51-20-18-45)24(3)32(47(36)50)7-6-16-41-37(48)34-25(4)44(5)46(38(34)49)22-26-8-14-30(39)31(40)21-26/h6-15,21,23,36,47H,16-20,22H2,1-5H3,(H,41,48)(H,42,43)/b7-6+. The maximum Gasteiger partial charge on any atom is 0.280 e. The van der Waals surface area contributed by atoms with E-state index in [1.54, 1.807) is 26.1 Å². The lowest BCUT2D eigenvalue weighted by molar-refractivity contribution is -0.844. The first-order valence-corrected chi connectivity index (χ1v) is 17.1. The highest BCUT2D eigenvalue weighted by atomic mass is 19.2. The average Bonchev–Trinajstić information content (AvgIpc) is 3.32. The lowest BCUT2D eigenvalue weighted by Gasteiger charge is -2.39. The normalized spacial score (nSPS) is 17.7. The van der Waals surface area contributed by atoms with Gasteiger partial charge < -0.3 is 30.5 Å². The second kappa shape index (κ2) is 15.0. The number of rotatable bonds is 10. The first-order valence-electron chi connectivity index (χ1n) is 17.1. The number of anilines is 3. The second-order valence-electron chi connectivity index (χ2n) is 13.2. The second-order valence-corrected chi connectivity index (χ2v) is 13.2. The summed E-state index contributed by atoms with van der Waals surface area (Å²) in [4.78, 5) is 33.6. The number of carbonyl (C=O) groups is 1. The topological polar surface area (TPSA) is 121 Å². The number of aromatic nitrogens is 3. The van der Waals surface area contributed by atoms with Gasteiger partial charge in [-0.3, -0.25) is 14.3 Å². The van der Waals surface area contributed by atoms with Crippen LogP contribution in [-0.2, 0) is 18.3 Å². The molecule has 2 aromatic heterocycles. The van der Waals surface area contributed by atoms with Crippen LogP contribution < -0.4 is 26.2 Å². The van der Waals surface area contributed by atoms with E-state index in [-0.39, 0.29) is 29.6 Å². The van der Waals surface area contributed by atoms with Crippen molar-refractivity contribution in [2.75, 3.05) is 43.1 Å². The van der Waals surface area contributed by atoms with Crippen LogP contribution in [0.15, 0.2) is 77.2 Å². The zero-order chi connectivity index (χ0) is 36.4. The van der Waals surface area contributed by atoms with E-state index in [0.29, 0.717) is 22.8 Å². The van der Waals surface area contributed by atoms with E-state index in [1.807, 2.05) is 45.0 Å². The molecule has 11 nitrogen and oxygen atoms in total. The highest BCUT2D eigenvalue weighted by molar-refractivity contribution is 5.95. The van der Waals surface area contributed by atoms with Crippen LogP contribution in [0.2, 0.25) is 0 Å². The minimum atomic E-state index is -1.01. The van der Waals surface area contributed by atoms with Crippen molar-refractivity contribution in [3.05, 3.63) is 128 Å². The van der Waals surface area contributed by atoms with Gasteiger partial charge in [-0.2, -0.15) is 0 Å². The molecule has 0 radical (unpaired) electrons. The summed E-state index contributed by atoms with van der Waals surface area (Å²) in [5.74, 6) is -1.93. The quantitative estimate of drug-likeness (QED) is 0.207. The van der Waals surface area contributed by atoms with E-state index < -0.39 is 29.1 Å². The Kier molecular flexibility index (Phi) is 10.5. The lowest BCUT2D eigenvalue weighted by Crippen LogP contribution is -3.07. The number of morpholine rings is 1. The number of pyridine rings is 1. The van der Waals surface area contributed by atoms with Crippen LogP contribution in [0.3, 0.4) is 0 Å². The number of quaternary nitrogens is 1. The fourth-order valence-corrected chi connectivity index (χ4v) is 6.70. The largest absolute Gasteiger partial charge is 0.628 e. The van der Waals surface area contributed by atoms with Gasteiger partial charge in [-0.05, 0) is 74.0 Å². The first kappa shape index (κ1) is 35.7. The molecule has 0 spiro atoms. The van der Waals surface area contributed by atoms with Crippen molar-refractivity contribution >= 4 is 28.7 Å². The third kappa shape index (κ3) is 7.36. The Bertz CT molecular complexity index is 2050. The summed E-state index contributed by atoms with van der Waals surface area (Å²) in [6.07, 6.45) is 3.41. The smallest absolute Gasteiger partial charge is 0.280 e. The minimum Gasteiger partial charge on any atom is -0.628 e. The molecule has 2 atom stereocenters. The van der Waals surface area contributed by atoms with Crippen molar-refractivity contribution in [2.24, 2.45) is 13.0 Å². The Labute approximate surface area is 295 Å². The number of halogens is 2. The molecule has 0 aliphatic carbocycles. The van der Waals surface area contributed by atoms with Crippen molar-refractivity contribution in [1.29, 1.82) is 0 Å². The Morgan fingerprint density at radius 2 is 1.80 bits per heavy atom. The van der Waals surface area contributed by atoms with Gasteiger partial charge in [0.2, 0.25) is 0 Å². The summed E-state index contributed by atoms with van der Waals surface area (Å²) < 4.78 is 35.4. The molecule has 2 aromatic carbocycles. The molecule has 1 fully saturated rings. The van der Waals surface area contributed by atoms with Crippen LogP contribution in [0.5, 0.6) is 0 Å². The summed E-state index contributed by atoms with van der Waals surface area (Å²) in [6.45, 7) is 10.8. The highest BCUT2D eigenvalue weighted by Gasteiger charge is 2.35. The van der Waals surface area contributed by atoms with Gasteiger partial charge in [0.05, 0.1) is 19.8 Å². The van der Waals surface area contributed by atoms with Crippen molar-refractivity contribution in [3.8, 4) is 0 Å². The summed E-state index contributed by atoms with van der Waals surface area (Å²) in [5.41, 5.74) is 5.21. The van der Waals surface area contributed by atoms with Gasteiger partial charge in [0.1, 0.15) is 28.8 Å². The molecule has 0 bridgehead atoms. The molecule has 6 rings (SSSR count). The van der Waals surface area contributed by atoms with Crippen LogP contribution in [0, 0.1) is 29.7 Å². The average molecular weight is 700 g/mol. The number of nitrogens with one attached hydrogen (secondary N) is 3. The summed E-state index contributed by atoms with van der Waals surface area (Å²) >= 11 is 0. The zero-order valence-corrected chi connectivity index (χ0v) is 29.4. The molecule has 3 N–H and O–H groups in total. The molecule has 51 heavy (non-hydrogen) atoms. The number of nitrogens with zero attached hydrogens (tertiary/aromatic N) is 4. The number of fused-ring (bicyclic) bond motifs is 1. The third-order valence-corrected chi connectivity index (χ3v) is 9.62. The fraction of sp³-hybridized carbons (Fsp3) is 0.342. The molecule has 268 valence electrons. The highest BCUT2D eigenvalue weighted by Crippen LogP contribution is 2.33. The Balaban J connectivity index is 1.15. The molecule has 2 aliphatic heterocycles. The maximum atomic E-state index is 13.9. The summed E-state index contributed by atoms with van der Waals surface area (Å²) in [6, 6.07) is 15.1. The number of carbonyl (C=O) groups excluding carboxylic acids is 1. The van der Waals surface area contributed by atoms with Crippen LogP contribution in [0.25, 0.3) is 5.57 Å². The van der Waals surface area contributed by atoms with E-state index in [2.05, 4.69) is 27.7 Å². The predicted octanol–water partition coefficient (Wildman–Crippen LogP) is 4.61. The Morgan fingerprint density at radius 3 is 2.49 bits per heavy atom. The van der Waals surface area contributed by atoms with Gasteiger partial charge >= 0.3 is 0 Å². The van der Waals surface area contributed by atoms with Crippen LogP contribution in [-0.4, -0.2) is 53.1 Å². The zero-order valence-electron chi connectivity index (χ0n) is 29.4. The predicted molar refractivity (Wildman–Crippen MR) is 193 cm³/mol. The van der Waals surface area contributed by atoms with E-state index in [9.17, 15) is 23.6 Å². The SMILES string of the molecule is CC1=C(/C=C/CNC(=O)c2c(C)n(C)n(Cc3ccc(F)c(F)c3)c2=O)[NH+]([O-])C(C(C)C)c2nc(Nc3ccc(N4CCOCC4)cc3)ccc21. The number of hydroxylamine groups is 2. The molecule has 13 heteroatoms. The lowest BCUT2D eigenvalue weighted by atomic mass is 9.88. The summed E-state index contributed by atoms with van der Waals surface area (Å²) in [5, 5.41) is 20.0. The number of amides is 1. The van der Waals surface area contributed by atoms with E-state index >= 15 is 0 Å². The number of ether oxygens (including phenoxy) is 1. The van der Waals surface area contributed by atoms with Crippen LogP contribution >= 0.6 is 0 Å². The molecular weight excluding hydrogens is 656 g/mol. The molecule has 0 saturated carbocycles. The minimum absolute atomic E-state index is 0.0161. The molecule has 1 saturated heterocycles. The number of hydrogen-bond acceptors (Lipinski definition) is 7. The van der Waals surface area contributed by atoms with Gasteiger partial charge in [0.15, 0.2) is 11.6 Å². The molecule has 2 unspecified atom stereocenters. The molecule has 2 aliphatic rings. The van der Waals surface area contributed by atoms with Crippen LogP contribution in [0.4, 0.5) is 26.0 Å². The van der Waals surface area contributed by atoms with Gasteiger partial charge in [0.25, 0.3) is 11.5 Å². The van der Waals surface area contributed by atoms with Gasteiger partial charge in [0, 0.05) is 60.8 Å². The third-order valence-electron chi connectivity index (χ3n) is 9.62. The summed E-state index contributed by atoms with van der Waals surface area (Å²) in [7, 11) is 1.62. The van der Waals surface area contributed by atoms with Crippen molar-refractivity contribution in [2.45, 2.75) is 40.3 Å². The molecule has 4 aromatic rings. The first-order chi connectivity index (χ1) is 24.4. The van der Waals surface area contributed by atoms with E-state index in [0.717, 1.165) is 66.6 Å². The van der Waals surface area contributed by atoms with Gasteiger partial charge in [-0.25, -0.2) is 18.4 Å². The Hall–Kier alpha value is -5.11. The van der Waals surface area contributed by atoms with E-state index in [1.165, 1.54) is 15.4 Å². The van der Waals surface area contributed by atoms with E-state index in [4.69, 9.17) is 9.72 Å². The number of allylic oxidation sites excluding steroid dienone is 2. The van der Waals surface area contributed by atoms with Crippen molar-refractivity contribution in [3.63, 3.8) is 0 Å². The van der Waals surface area contributed by atoms with Gasteiger partial charge in [-0.1, -0.05) is 26.0 Å². The maximum absolute atomic E-state index is 13.9. The van der Waals surface area contributed by atoms with Gasteiger partial charge in [-0.15, -0.1) is 0 Å². The van der Waals surface area contributed by atoms with Crippen LogP contribution in [0.1, 0.15) is 59.7 Å². The van der Waals surface area contributed by atoms with Crippen molar-refractivity contribution in [1.82, 2.24) is 19.7 Å². The Morgan fingerprint density at radius 1 is 1.08 bits per heavy atom. The fourth-order valence-electron chi connectivity index (χ4n) is 6.70. The van der Waals surface area contributed by atoms with Crippen molar-refractivity contribution < 1.29 is 23.4 Å². The molecule has 1 amide bonds. The molecule has 4 heterocycles. The number of hydrogen-bond donors (Lipinski definition) is 3. The monoisotopic (exact) mass is 699 g/mol. The molecular formula is C38H43F2N7O4. The number of benzene rings is 2.